The smallest absolute Gasteiger partial charge is 0.161 e. The van der Waals surface area contributed by atoms with Gasteiger partial charge in [0.1, 0.15) is 0 Å². The second-order valence-electron chi connectivity index (χ2n) is 4.75. The summed E-state index contributed by atoms with van der Waals surface area (Å²) >= 11 is 1.69. The van der Waals surface area contributed by atoms with E-state index in [4.69, 9.17) is 9.47 Å². The van der Waals surface area contributed by atoms with Crippen LogP contribution in [0.15, 0.2) is 29.8 Å². The van der Waals surface area contributed by atoms with Crippen LogP contribution in [0, 0.1) is 0 Å². The molecule has 2 rings (SSSR count). The van der Waals surface area contributed by atoms with Crippen molar-refractivity contribution in [2.24, 2.45) is 0 Å². The van der Waals surface area contributed by atoms with Gasteiger partial charge in [-0.1, -0.05) is 13.0 Å². The largest absolute Gasteiger partial charge is 0.493 e. The van der Waals surface area contributed by atoms with Crippen molar-refractivity contribution in [3.8, 4) is 11.5 Å². The van der Waals surface area contributed by atoms with Crippen LogP contribution >= 0.6 is 11.3 Å². The molecule has 5 heteroatoms. The molecule has 0 aliphatic carbocycles. The van der Waals surface area contributed by atoms with Gasteiger partial charge >= 0.3 is 0 Å². The topological polar surface area (TPSA) is 43.4 Å². The van der Waals surface area contributed by atoms with E-state index < -0.39 is 0 Å². The Morgan fingerprint density at radius 3 is 2.67 bits per heavy atom. The predicted molar refractivity (Wildman–Crippen MR) is 86.4 cm³/mol. The molecule has 4 nitrogen and oxygen atoms in total. The summed E-state index contributed by atoms with van der Waals surface area (Å²) in [6.07, 6.45) is 3.83. The number of methoxy groups -OCH3 is 2. The average Bonchev–Trinajstić information content (AvgIpc) is 3.03. The minimum absolute atomic E-state index is 0.232. The van der Waals surface area contributed by atoms with Crippen molar-refractivity contribution in [3.05, 3.63) is 40.3 Å². The van der Waals surface area contributed by atoms with E-state index in [0.717, 1.165) is 35.9 Å². The van der Waals surface area contributed by atoms with E-state index in [1.54, 1.807) is 25.6 Å². The van der Waals surface area contributed by atoms with Gasteiger partial charge in [0.15, 0.2) is 11.5 Å². The van der Waals surface area contributed by atoms with Crippen molar-refractivity contribution >= 4 is 11.3 Å². The Hall–Kier alpha value is -1.59. The zero-order valence-electron chi connectivity index (χ0n) is 12.8. The van der Waals surface area contributed by atoms with Crippen molar-refractivity contribution in [2.75, 3.05) is 20.8 Å². The summed E-state index contributed by atoms with van der Waals surface area (Å²) in [5.74, 6) is 1.52. The first-order valence-corrected chi connectivity index (χ1v) is 8.00. The van der Waals surface area contributed by atoms with Crippen molar-refractivity contribution < 1.29 is 9.47 Å². The standard InChI is InChI=1S/C16H22N2O2S/c1-4-7-17-13(11-16-18-8-9-21-16)12-5-6-14(19-2)15(10-12)20-3/h5-6,8-10,13,17H,4,7,11H2,1-3H3. The Kier molecular flexibility index (Phi) is 6.02. The molecule has 21 heavy (non-hydrogen) atoms. The van der Waals surface area contributed by atoms with Gasteiger partial charge in [-0.15, -0.1) is 11.3 Å². The third-order valence-electron chi connectivity index (χ3n) is 3.31. The second-order valence-corrected chi connectivity index (χ2v) is 5.73. The van der Waals surface area contributed by atoms with Gasteiger partial charge in [0, 0.05) is 24.0 Å². The number of nitrogens with one attached hydrogen (secondary N) is 1. The number of hydrogen-bond acceptors (Lipinski definition) is 5. The average molecular weight is 306 g/mol. The van der Waals surface area contributed by atoms with E-state index in [1.807, 2.05) is 23.7 Å². The molecule has 1 aromatic heterocycles. The Labute approximate surface area is 130 Å². The summed E-state index contributed by atoms with van der Waals surface area (Å²) < 4.78 is 10.7. The molecule has 1 unspecified atom stereocenters. The molecule has 1 atom stereocenters. The Morgan fingerprint density at radius 2 is 2.05 bits per heavy atom. The molecule has 1 N–H and O–H groups in total. The van der Waals surface area contributed by atoms with Crippen LogP contribution in [0.5, 0.6) is 11.5 Å². The van der Waals surface area contributed by atoms with E-state index in [9.17, 15) is 0 Å². The first-order valence-electron chi connectivity index (χ1n) is 7.12. The van der Waals surface area contributed by atoms with Crippen molar-refractivity contribution in [1.29, 1.82) is 0 Å². The third-order valence-corrected chi connectivity index (χ3v) is 4.11. The SMILES string of the molecule is CCCNC(Cc1nccs1)c1ccc(OC)c(OC)c1. The van der Waals surface area contributed by atoms with Gasteiger partial charge in [0.2, 0.25) is 0 Å². The number of benzene rings is 1. The molecule has 0 radical (unpaired) electrons. The van der Waals surface area contributed by atoms with Gasteiger partial charge in [0.05, 0.1) is 19.2 Å². The molecule has 0 aliphatic heterocycles. The quantitative estimate of drug-likeness (QED) is 0.811. The van der Waals surface area contributed by atoms with Crippen LogP contribution in [0.3, 0.4) is 0 Å². The minimum Gasteiger partial charge on any atom is -0.493 e. The fourth-order valence-corrected chi connectivity index (χ4v) is 2.89. The fraction of sp³-hybridized carbons (Fsp3) is 0.438. The number of nitrogens with zero attached hydrogens (tertiary/aromatic N) is 1. The lowest BCUT2D eigenvalue weighted by molar-refractivity contribution is 0.353. The summed E-state index contributed by atoms with van der Waals surface area (Å²) in [5, 5.41) is 6.74. The number of rotatable bonds is 8. The molecule has 1 aromatic carbocycles. The maximum Gasteiger partial charge on any atom is 0.161 e. The Balaban J connectivity index is 2.22. The van der Waals surface area contributed by atoms with E-state index in [0.29, 0.717) is 0 Å². The van der Waals surface area contributed by atoms with Crippen LogP contribution in [0.1, 0.15) is 30.0 Å². The summed E-state index contributed by atoms with van der Waals surface area (Å²) in [6.45, 7) is 3.15. The van der Waals surface area contributed by atoms with Crippen molar-refractivity contribution in [1.82, 2.24) is 10.3 Å². The summed E-state index contributed by atoms with van der Waals surface area (Å²) in [4.78, 5) is 4.39. The highest BCUT2D eigenvalue weighted by Crippen LogP contribution is 2.31. The normalized spacial score (nSPS) is 12.1. The molecular weight excluding hydrogens is 284 g/mol. The van der Waals surface area contributed by atoms with Gasteiger partial charge in [-0.05, 0) is 30.7 Å². The molecule has 1 heterocycles. The van der Waals surface area contributed by atoms with Gasteiger partial charge < -0.3 is 14.8 Å². The maximum absolute atomic E-state index is 5.40. The van der Waals surface area contributed by atoms with Gasteiger partial charge in [-0.3, -0.25) is 0 Å². The third kappa shape index (κ3) is 4.19. The second kappa shape index (κ2) is 8.00. The number of ether oxygens (including phenoxy) is 2. The molecule has 0 saturated heterocycles. The molecule has 0 saturated carbocycles. The highest BCUT2D eigenvalue weighted by atomic mass is 32.1. The molecular formula is C16H22N2O2S. The van der Waals surface area contributed by atoms with E-state index in [-0.39, 0.29) is 6.04 Å². The van der Waals surface area contributed by atoms with Crippen LogP contribution in [-0.2, 0) is 6.42 Å². The monoisotopic (exact) mass is 306 g/mol. The van der Waals surface area contributed by atoms with Crippen molar-refractivity contribution in [3.63, 3.8) is 0 Å². The zero-order valence-corrected chi connectivity index (χ0v) is 13.6. The summed E-state index contributed by atoms with van der Waals surface area (Å²) in [7, 11) is 3.32. The summed E-state index contributed by atoms with van der Waals surface area (Å²) in [5.41, 5.74) is 1.19. The molecule has 0 bridgehead atoms. The van der Waals surface area contributed by atoms with Crippen LogP contribution in [0.2, 0.25) is 0 Å². The summed E-state index contributed by atoms with van der Waals surface area (Å²) in [6, 6.07) is 6.31. The minimum atomic E-state index is 0.232. The number of thiazole rings is 1. The Morgan fingerprint density at radius 1 is 1.24 bits per heavy atom. The molecule has 114 valence electrons. The van der Waals surface area contributed by atoms with E-state index in [2.05, 4.69) is 23.3 Å². The lowest BCUT2D eigenvalue weighted by atomic mass is 10.0. The lowest BCUT2D eigenvalue weighted by Gasteiger charge is -2.19. The number of aromatic nitrogens is 1. The lowest BCUT2D eigenvalue weighted by Crippen LogP contribution is -2.24. The van der Waals surface area contributed by atoms with Crippen LogP contribution in [0.25, 0.3) is 0 Å². The van der Waals surface area contributed by atoms with Gasteiger partial charge in [0.25, 0.3) is 0 Å². The predicted octanol–water partition coefficient (Wildman–Crippen LogP) is 3.44. The Bertz CT molecular complexity index is 543. The van der Waals surface area contributed by atoms with E-state index in [1.165, 1.54) is 5.56 Å². The van der Waals surface area contributed by atoms with Gasteiger partial charge in [-0.25, -0.2) is 4.98 Å². The first kappa shape index (κ1) is 15.8. The van der Waals surface area contributed by atoms with E-state index >= 15 is 0 Å². The molecule has 0 spiro atoms. The van der Waals surface area contributed by atoms with Crippen LogP contribution in [0.4, 0.5) is 0 Å². The van der Waals surface area contributed by atoms with Crippen molar-refractivity contribution in [2.45, 2.75) is 25.8 Å². The number of hydrogen-bond donors (Lipinski definition) is 1. The first-order chi connectivity index (χ1) is 10.3. The van der Waals surface area contributed by atoms with Crippen LogP contribution in [-0.4, -0.2) is 25.7 Å². The highest BCUT2D eigenvalue weighted by Gasteiger charge is 2.15. The fourth-order valence-electron chi connectivity index (χ4n) is 2.22. The van der Waals surface area contributed by atoms with Crippen LogP contribution < -0.4 is 14.8 Å². The highest BCUT2D eigenvalue weighted by molar-refractivity contribution is 7.09. The molecule has 0 fully saturated rings. The molecule has 2 aromatic rings. The maximum atomic E-state index is 5.40. The molecule has 0 aliphatic rings. The molecule has 0 amide bonds. The van der Waals surface area contributed by atoms with Gasteiger partial charge in [-0.2, -0.15) is 0 Å². The zero-order chi connectivity index (χ0) is 15.1.